The van der Waals surface area contributed by atoms with Crippen LogP contribution in [0.4, 0.5) is 5.82 Å². The Balaban J connectivity index is 1.20. The maximum atomic E-state index is 12.4. The molecular formula is C20H28N6O. The van der Waals surface area contributed by atoms with Gasteiger partial charge in [0.05, 0.1) is 11.3 Å². The van der Waals surface area contributed by atoms with Crippen LogP contribution < -0.4 is 10.2 Å². The summed E-state index contributed by atoms with van der Waals surface area (Å²) in [6.45, 7) is 4.08. The van der Waals surface area contributed by atoms with Gasteiger partial charge in [-0.25, -0.2) is 9.97 Å². The average molecular weight is 368 g/mol. The molecule has 1 atom stereocenters. The number of likely N-dealkylation sites (tertiary alicyclic amines) is 1. The highest BCUT2D eigenvalue weighted by Crippen LogP contribution is 2.29. The largest absolute Gasteiger partial charge is 0.356 e. The Labute approximate surface area is 159 Å². The van der Waals surface area contributed by atoms with E-state index >= 15 is 0 Å². The number of carbonyl (C=O) groups is 1. The van der Waals surface area contributed by atoms with Gasteiger partial charge in [-0.15, -0.1) is 0 Å². The summed E-state index contributed by atoms with van der Waals surface area (Å²) in [6, 6.07) is 3.11. The highest BCUT2D eigenvalue weighted by Gasteiger charge is 2.34. The summed E-state index contributed by atoms with van der Waals surface area (Å²) in [4.78, 5) is 29.4. The van der Waals surface area contributed by atoms with Gasteiger partial charge in [-0.1, -0.05) is 0 Å². The van der Waals surface area contributed by atoms with E-state index in [1.165, 1.54) is 0 Å². The quantitative estimate of drug-likeness (QED) is 0.862. The number of hydrogen-bond donors (Lipinski definition) is 2. The van der Waals surface area contributed by atoms with Gasteiger partial charge in [0.1, 0.15) is 17.8 Å². The Bertz CT molecular complexity index is 808. The summed E-state index contributed by atoms with van der Waals surface area (Å²) in [5.74, 6) is 1.51. The molecule has 7 heteroatoms. The van der Waals surface area contributed by atoms with Crippen LogP contribution in [0.1, 0.15) is 38.5 Å². The lowest BCUT2D eigenvalue weighted by molar-refractivity contribution is -0.127. The predicted molar refractivity (Wildman–Crippen MR) is 105 cm³/mol. The van der Waals surface area contributed by atoms with Gasteiger partial charge in [-0.3, -0.25) is 9.69 Å². The first-order chi connectivity index (χ1) is 13.3. The maximum absolute atomic E-state index is 12.4. The number of nitrogens with zero attached hydrogens (tertiary/aromatic N) is 4. The monoisotopic (exact) mass is 368 g/mol. The van der Waals surface area contributed by atoms with Crippen LogP contribution in [0.25, 0.3) is 11.0 Å². The molecule has 27 heavy (non-hydrogen) atoms. The Morgan fingerprint density at radius 2 is 1.96 bits per heavy atom. The number of amides is 1. The van der Waals surface area contributed by atoms with E-state index in [0.717, 1.165) is 81.6 Å². The van der Waals surface area contributed by atoms with E-state index in [2.05, 4.69) is 36.1 Å². The van der Waals surface area contributed by atoms with Crippen molar-refractivity contribution in [3.63, 3.8) is 0 Å². The smallest absolute Gasteiger partial charge is 0.224 e. The van der Waals surface area contributed by atoms with Crippen LogP contribution in [0.2, 0.25) is 0 Å². The third-order valence-corrected chi connectivity index (χ3v) is 6.36. The van der Waals surface area contributed by atoms with Crippen molar-refractivity contribution >= 4 is 22.8 Å². The lowest BCUT2D eigenvalue weighted by Gasteiger charge is -2.42. The first-order valence-electron chi connectivity index (χ1n) is 10.4. The van der Waals surface area contributed by atoms with Crippen molar-refractivity contribution in [1.29, 1.82) is 0 Å². The van der Waals surface area contributed by atoms with Crippen LogP contribution >= 0.6 is 0 Å². The molecule has 1 amide bonds. The zero-order chi connectivity index (χ0) is 18.2. The van der Waals surface area contributed by atoms with Crippen LogP contribution in [0.5, 0.6) is 0 Å². The third-order valence-electron chi connectivity index (χ3n) is 6.36. The zero-order valence-corrected chi connectivity index (χ0v) is 15.7. The molecule has 2 aromatic heterocycles. The summed E-state index contributed by atoms with van der Waals surface area (Å²) in [7, 11) is 0. The van der Waals surface area contributed by atoms with E-state index in [-0.39, 0.29) is 11.8 Å². The van der Waals surface area contributed by atoms with Gasteiger partial charge < -0.3 is 15.2 Å². The van der Waals surface area contributed by atoms with Gasteiger partial charge in [0.25, 0.3) is 0 Å². The molecule has 0 bridgehead atoms. The van der Waals surface area contributed by atoms with Gasteiger partial charge in [-0.05, 0) is 51.1 Å². The van der Waals surface area contributed by atoms with Crippen LogP contribution in [0, 0.1) is 5.92 Å². The Morgan fingerprint density at radius 3 is 2.78 bits per heavy atom. The number of nitrogens with one attached hydrogen (secondary N) is 2. The van der Waals surface area contributed by atoms with Gasteiger partial charge in [-0.2, -0.15) is 0 Å². The molecule has 2 N–H and O–H groups in total. The second kappa shape index (κ2) is 7.11. The zero-order valence-electron chi connectivity index (χ0n) is 15.7. The molecule has 1 aliphatic carbocycles. The predicted octanol–water partition coefficient (Wildman–Crippen LogP) is 1.92. The molecule has 7 nitrogen and oxygen atoms in total. The lowest BCUT2D eigenvalue weighted by atomic mass is 9.93. The number of hydrogen-bond acceptors (Lipinski definition) is 5. The summed E-state index contributed by atoms with van der Waals surface area (Å²) in [5.41, 5.74) is 0.905. The number of anilines is 1. The molecule has 5 rings (SSSR count). The second-order valence-corrected chi connectivity index (χ2v) is 8.27. The average Bonchev–Trinajstić information content (AvgIpc) is 3.40. The highest BCUT2D eigenvalue weighted by molar-refractivity contribution is 5.87. The highest BCUT2D eigenvalue weighted by atomic mass is 16.2. The summed E-state index contributed by atoms with van der Waals surface area (Å²) < 4.78 is 0. The van der Waals surface area contributed by atoms with Crippen molar-refractivity contribution < 1.29 is 4.79 Å². The second-order valence-electron chi connectivity index (χ2n) is 8.27. The fraction of sp³-hybridized carbons (Fsp3) is 0.650. The minimum Gasteiger partial charge on any atom is -0.356 e. The van der Waals surface area contributed by atoms with Gasteiger partial charge >= 0.3 is 0 Å². The SMILES string of the molecule is O=C(NC1CC1)C1CCCN(C2CCN(c3ncnc4[nH]ccc34)CC2)C1. The van der Waals surface area contributed by atoms with Crippen molar-refractivity contribution in [2.45, 2.75) is 50.6 Å². The molecule has 2 aromatic rings. The number of aromatic amines is 1. The van der Waals surface area contributed by atoms with Crippen molar-refractivity contribution in [2.24, 2.45) is 5.92 Å². The number of carbonyl (C=O) groups excluding carboxylic acids is 1. The third kappa shape index (κ3) is 3.52. The Hall–Kier alpha value is -2.15. The topological polar surface area (TPSA) is 77.2 Å². The van der Waals surface area contributed by atoms with E-state index in [1.807, 2.05) is 6.20 Å². The van der Waals surface area contributed by atoms with Crippen molar-refractivity contribution in [2.75, 3.05) is 31.1 Å². The molecule has 0 spiro atoms. The van der Waals surface area contributed by atoms with Crippen LogP contribution in [0.3, 0.4) is 0 Å². The fourth-order valence-corrected chi connectivity index (χ4v) is 4.65. The molecule has 2 saturated heterocycles. The molecule has 0 radical (unpaired) electrons. The molecule has 144 valence electrons. The minimum absolute atomic E-state index is 0.179. The van der Waals surface area contributed by atoms with Crippen molar-refractivity contribution in [1.82, 2.24) is 25.2 Å². The molecule has 3 fully saturated rings. The Kier molecular flexibility index (Phi) is 4.47. The van der Waals surface area contributed by atoms with E-state index in [9.17, 15) is 4.79 Å². The van der Waals surface area contributed by atoms with Crippen molar-refractivity contribution in [3.05, 3.63) is 18.6 Å². The van der Waals surface area contributed by atoms with Gasteiger partial charge in [0.15, 0.2) is 0 Å². The normalized spacial score (nSPS) is 25.0. The number of rotatable bonds is 4. The van der Waals surface area contributed by atoms with Crippen LogP contribution in [-0.4, -0.2) is 64.0 Å². The first-order valence-corrected chi connectivity index (χ1v) is 10.4. The summed E-state index contributed by atoms with van der Waals surface area (Å²) in [5, 5.41) is 4.30. The number of aromatic nitrogens is 3. The minimum atomic E-state index is 0.179. The van der Waals surface area contributed by atoms with Crippen LogP contribution in [-0.2, 0) is 4.79 Å². The molecule has 1 unspecified atom stereocenters. The van der Waals surface area contributed by atoms with E-state index in [0.29, 0.717) is 12.1 Å². The lowest BCUT2D eigenvalue weighted by Crippen LogP contribution is -2.51. The van der Waals surface area contributed by atoms with Crippen molar-refractivity contribution in [3.8, 4) is 0 Å². The number of H-pyrrole nitrogens is 1. The number of fused-ring (bicyclic) bond motifs is 1. The van der Waals surface area contributed by atoms with E-state index in [4.69, 9.17) is 0 Å². The molecule has 0 aromatic carbocycles. The van der Waals surface area contributed by atoms with E-state index < -0.39 is 0 Å². The maximum Gasteiger partial charge on any atom is 0.224 e. The van der Waals surface area contributed by atoms with Gasteiger partial charge in [0.2, 0.25) is 5.91 Å². The molecule has 1 saturated carbocycles. The molecular weight excluding hydrogens is 340 g/mol. The Morgan fingerprint density at radius 1 is 1.11 bits per heavy atom. The summed E-state index contributed by atoms with van der Waals surface area (Å²) >= 11 is 0. The summed E-state index contributed by atoms with van der Waals surface area (Å²) in [6.07, 6.45) is 10.3. The van der Waals surface area contributed by atoms with E-state index in [1.54, 1.807) is 6.33 Å². The molecule has 2 aliphatic heterocycles. The first kappa shape index (κ1) is 17.0. The van der Waals surface area contributed by atoms with Gasteiger partial charge in [0, 0.05) is 37.9 Å². The molecule has 3 aliphatic rings. The van der Waals surface area contributed by atoms with Crippen LogP contribution in [0.15, 0.2) is 18.6 Å². The fourth-order valence-electron chi connectivity index (χ4n) is 4.65. The number of piperidine rings is 2. The molecule has 4 heterocycles. The standard InChI is InChI=1S/C20H28N6O/c27-20(24-15-3-4-15)14-2-1-9-26(12-14)16-6-10-25(11-7-16)19-17-5-8-21-18(17)22-13-23-19/h5,8,13-16H,1-4,6-7,9-12H2,(H,24,27)(H,21,22,23).